The molecule has 1 aliphatic heterocycles. The van der Waals surface area contributed by atoms with Crippen LogP contribution in [0.25, 0.3) is 0 Å². The largest absolute Gasteiger partial charge is 0.338 e. The van der Waals surface area contributed by atoms with Crippen molar-refractivity contribution in [2.75, 3.05) is 18.5 Å². The number of nitrogens with zero attached hydrogens (tertiary/aromatic N) is 2. The molecule has 1 amide bonds. The van der Waals surface area contributed by atoms with Gasteiger partial charge in [-0.15, -0.1) is 0 Å². The minimum Gasteiger partial charge on any atom is -0.338 e. The summed E-state index contributed by atoms with van der Waals surface area (Å²) in [5, 5.41) is 0. The summed E-state index contributed by atoms with van der Waals surface area (Å²) in [5.74, 6) is 5.84. The Morgan fingerprint density at radius 2 is 2.10 bits per heavy atom. The van der Waals surface area contributed by atoms with Gasteiger partial charge in [0.05, 0.1) is 11.3 Å². The molecule has 2 aromatic rings. The van der Waals surface area contributed by atoms with E-state index in [9.17, 15) is 4.79 Å². The molecular formula is C16H18N4O. The molecule has 5 heteroatoms. The van der Waals surface area contributed by atoms with Crippen LogP contribution in [-0.2, 0) is 0 Å². The monoisotopic (exact) mass is 282 g/mol. The zero-order valence-electron chi connectivity index (χ0n) is 11.7. The van der Waals surface area contributed by atoms with Crippen LogP contribution in [0.3, 0.4) is 0 Å². The molecule has 2 heterocycles. The Morgan fingerprint density at radius 1 is 1.29 bits per heavy atom. The first-order chi connectivity index (χ1) is 10.3. The SMILES string of the molecule is NNc1ccncc1C(=O)N1CCC(c2ccccc2)C1. The smallest absolute Gasteiger partial charge is 0.257 e. The highest BCUT2D eigenvalue weighted by atomic mass is 16.2. The van der Waals surface area contributed by atoms with Gasteiger partial charge in [0.15, 0.2) is 0 Å². The van der Waals surface area contributed by atoms with E-state index in [0.717, 1.165) is 19.5 Å². The Balaban J connectivity index is 1.75. The molecule has 0 radical (unpaired) electrons. The molecule has 1 aromatic carbocycles. The van der Waals surface area contributed by atoms with Crippen LogP contribution in [0.1, 0.15) is 28.3 Å². The third-order valence-corrected chi connectivity index (χ3v) is 3.95. The van der Waals surface area contributed by atoms with E-state index in [1.807, 2.05) is 23.1 Å². The predicted molar refractivity (Wildman–Crippen MR) is 81.8 cm³/mol. The van der Waals surface area contributed by atoms with Gasteiger partial charge in [-0.05, 0) is 18.1 Å². The fraction of sp³-hybridized carbons (Fsp3) is 0.250. The summed E-state index contributed by atoms with van der Waals surface area (Å²) in [6.45, 7) is 1.50. The summed E-state index contributed by atoms with van der Waals surface area (Å²) in [4.78, 5) is 18.5. The Hall–Kier alpha value is -2.40. The molecule has 1 aromatic heterocycles. The van der Waals surface area contributed by atoms with E-state index in [4.69, 9.17) is 5.84 Å². The number of benzene rings is 1. The van der Waals surface area contributed by atoms with E-state index >= 15 is 0 Å². The van der Waals surface area contributed by atoms with E-state index in [2.05, 4.69) is 22.5 Å². The summed E-state index contributed by atoms with van der Waals surface area (Å²) in [7, 11) is 0. The number of nitrogens with two attached hydrogens (primary N) is 1. The van der Waals surface area contributed by atoms with Crippen molar-refractivity contribution in [1.82, 2.24) is 9.88 Å². The molecule has 1 aliphatic rings. The summed E-state index contributed by atoms with van der Waals surface area (Å²) >= 11 is 0. The minimum absolute atomic E-state index is 0.0190. The van der Waals surface area contributed by atoms with Gasteiger partial charge in [0.2, 0.25) is 0 Å². The van der Waals surface area contributed by atoms with Crippen LogP contribution in [0.4, 0.5) is 5.69 Å². The summed E-state index contributed by atoms with van der Waals surface area (Å²) in [5.41, 5.74) is 4.97. The molecule has 1 saturated heterocycles. The third kappa shape index (κ3) is 2.73. The third-order valence-electron chi connectivity index (χ3n) is 3.95. The standard InChI is InChI=1S/C16H18N4O/c17-19-15-6-8-18-10-14(15)16(21)20-9-7-13(11-20)12-4-2-1-3-5-12/h1-6,8,10,13H,7,9,11,17H2,(H,18,19). The van der Waals surface area contributed by atoms with Crippen molar-refractivity contribution in [2.24, 2.45) is 5.84 Å². The number of aromatic nitrogens is 1. The molecule has 108 valence electrons. The van der Waals surface area contributed by atoms with Crippen molar-refractivity contribution in [3.05, 3.63) is 59.9 Å². The molecule has 3 N–H and O–H groups in total. The van der Waals surface area contributed by atoms with Gasteiger partial charge in [-0.1, -0.05) is 30.3 Å². The van der Waals surface area contributed by atoms with E-state index in [1.165, 1.54) is 5.56 Å². The lowest BCUT2D eigenvalue weighted by molar-refractivity contribution is 0.0791. The van der Waals surface area contributed by atoms with Gasteiger partial charge in [0.25, 0.3) is 5.91 Å². The van der Waals surface area contributed by atoms with E-state index in [0.29, 0.717) is 17.2 Å². The van der Waals surface area contributed by atoms with Gasteiger partial charge in [-0.3, -0.25) is 15.6 Å². The molecule has 5 nitrogen and oxygen atoms in total. The van der Waals surface area contributed by atoms with E-state index in [1.54, 1.807) is 18.5 Å². The molecule has 0 spiro atoms. The van der Waals surface area contributed by atoms with Crippen molar-refractivity contribution in [1.29, 1.82) is 0 Å². The molecule has 0 saturated carbocycles. The highest BCUT2D eigenvalue weighted by Crippen LogP contribution is 2.28. The number of amides is 1. The Morgan fingerprint density at radius 3 is 2.86 bits per heavy atom. The quantitative estimate of drug-likeness (QED) is 0.667. The second-order valence-corrected chi connectivity index (χ2v) is 5.21. The first-order valence-corrected chi connectivity index (χ1v) is 7.04. The van der Waals surface area contributed by atoms with E-state index < -0.39 is 0 Å². The van der Waals surface area contributed by atoms with Crippen molar-refractivity contribution in [3.63, 3.8) is 0 Å². The van der Waals surface area contributed by atoms with Crippen molar-refractivity contribution >= 4 is 11.6 Å². The summed E-state index contributed by atoms with van der Waals surface area (Å²) in [6, 6.07) is 12.0. The maximum atomic E-state index is 12.6. The van der Waals surface area contributed by atoms with Crippen molar-refractivity contribution in [2.45, 2.75) is 12.3 Å². The van der Waals surface area contributed by atoms with Gasteiger partial charge in [-0.2, -0.15) is 0 Å². The number of anilines is 1. The lowest BCUT2D eigenvalue weighted by Gasteiger charge is -2.18. The number of rotatable bonds is 3. The molecule has 1 atom stereocenters. The molecule has 1 fully saturated rings. The molecule has 0 bridgehead atoms. The van der Waals surface area contributed by atoms with Crippen LogP contribution >= 0.6 is 0 Å². The first kappa shape index (κ1) is 13.6. The van der Waals surface area contributed by atoms with Gasteiger partial charge >= 0.3 is 0 Å². The second kappa shape index (κ2) is 5.93. The average molecular weight is 282 g/mol. The zero-order chi connectivity index (χ0) is 14.7. The van der Waals surface area contributed by atoms with Crippen LogP contribution in [0, 0.1) is 0 Å². The number of carbonyl (C=O) groups excluding carboxylic acids is 1. The van der Waals surface area contributed by atoms with Crippen LogP contribution < -0.4 is 11.3 Å². The lowest BCUT2D eigenvalue weighted by Crippen LogP contribution is -2.29. The Kier molecular flexibility index (Phi) is 3.83. The molecule has 0 aliphatic carbocycles. The minimum atomic E-state index is -0.0190. The van der Waals surface area contributed by atoms with Crippen molar-refractivity contribution < 1.29 is 4.79 Å². The topological polar surface area (TPSA) is 71.2 Å². The Labute approximate surface area is 123 Å². The molecule has 21 heavy (non-hydrogen) atoms. The van der Waals surface area contributed by atoms with E-state index in [-0.39, 0.29) is 5.91 Å². The van der Waals surface area contributed by atoms with Crippen molar-refractivity contribution in [3.8, 4) is 0 Å². The second-order valence-electron chi connectivity index (χ2n) is 5.21. The van der Waals surface area contributed by atoms with Crippen LogP contribution in [0.2, 0.25) is 0 Å². The number of hydrogen-bond acceptors (Lipinski definition) is 4. The number of carbonyl (C=O) groups is 1. The number of hydrogen-bond donors (Lipinski definition) is 2. The molecular weight excluding hydrogens is 264 g/mol. The molecule has 3 rings (SSSR count). The number of likely N-dealkylation sites (tertiary alicyclic amines) is 1. The fourth-order valence-corrected chi connectivity index (χ4v) is 2.80. The molecule has 1 unspecified atom stereocenters. The number of hydrazine groups is 1. The zero-order valence-corrected chi connectivity index (χ0v) is 11.7. The fourth-order valence-electron chi connectivity index (χ4n) is 2.80. The predicted octanol–water partition coefficient (Wildman–Crippen LogP) is 2.00. The number of pyridine rings is 1. The highest BCUT2D eigenvalue weighted by molar-refractivity contribution is 5.99. The van der Waals surface area contributed by atoms with Gasteiger partial charge in [0.1, 0.15) is 0 Å². The number of nitrogen functional groups attached to an aromatic ring is 1. The average Bonchev–Trinajstić information content (AvgIpc) is 3.05. The summed E-state index contributed by atoms with van der Waals surface area (Å²) in [6.07, 6.45) is 4.16. The highest BCUT2D eigenvalue weighted by Gasteiger charge is 2.28. The maximum absolute atomic E-state index is 12.6. The Bertz CT molecular complexity index is 629. The summed E-state index contributed by atoms with van der Waals surface area (Å²) < 4.78 is 0. The van der Waals surface area contributed by atoms with Gasteiger partial charge in [-0.25, -0.2) is 0 Å². The van der Waals surface area contributed by atoms with Crippen LogP contribution in [-0.4, -0.2) is 28.9 Å². The normalized spacial score (nSPS) is 17.8. The number of nitrogens with one attached hydrogen (secondary N) is 1. The lowest BCUT2D eigenvalue weighted by atomic mass is 9.99. The maximum Gasteiger partial charge on any atom is 0.257 e. The van der Waals surface area contributed by atoms with Crippen LogP contribution in [0.5, 0.6) is 0 Å². The van der Waals surface area contributed by atoms with Gasteiger partial charge < -0.3 is 10.3 Å². The van der Waals surface area contributed by atoms with Crippen LogP contribution in [0.15, 0.2) is 48.8 Å². The van der Waals surface area contributed by atoms with Gasteiger partial charge in [0, 0.05) is 31.4 Å². The first-order valence-electron chi connectivity index (χ1n) is 7.04.